The number of nitrogens with one attached hydrogen (secondary N) is 2. The highest BCUT2D eigenvalue weighted by molar-refractivity contribution is 6.33. The van der Waals surface area contributed by atoms with E-state index in [-0.39, 0.29) is 5.91 Å². The smallest absolute Gasteiger partial charge is 0.273 e. The molecule has 0 fully saturated rings. The molecular weight excluding hydrogens is 364 g/mol. The lowest BCUT2D eigenvalue weighted by molar-refractivity contribution is -0.116. The van der Waals surface area contributed by atoms with Gasteiger partial charge in [-0.15, -0.1) is 0 Å². The van der Waals surface area contributed by atoms with Gasteiger partial charge in [0.1, 0.15) is 12.0 Å². The van der Waals surface area contributed by atoms with E-state index >= 15 is 0 Å². The molecule has 0 atom stereocenters. The number of H-pyrrole nitrogens is 1. The van der Waals surface area contributed by atoms with E-state index in [1.165, 1.54) is 29.6 Å². The van der Waals surface area contributed by atoms with Crippen LogP contribution in [0, 0.1) is 6.92 Å². The summed E-state index contributed by atoms with van der Waals surface area (Å²) in [5.74, 6) is 0.138. The molecule has 1 aliphatic heterocycles. The van der Waals surface area contributed by atoms with Crippen molar-refractivity contribution in [3.05, 3.63) is 52.4 Å². The summed E-state index contributed by atoms with van der Waals surface area (Å²) in [5, 5.41) is 4.20. The molecule has 0 spiro atoms. The average Bonchev–Trinajstić information content (AvgIpc) is 3.19. The number of aryl methyl sites for hydroxylation is 1. The summed E-state index contributed by atoms with van der Waals surface area (Å²) < 4.78 is 0. The summed E-state index contributed by atoms with van der Waals surface area (Å²) in [7, 11) is 4.21. The summed E-state index contributed by atoms with van der Waals surface area (Å²) in [4.78, 5) is 26.3. The van der Waals surface area contributed by atoms with E-state index in [0.29, 0.717) is 17.2 Å². The number of hydrogen-bond donors (Lipinski definition) is 2. The molecule has 0 unspecified atom stereocenters. The zero-order chi connectivity index (χ0) is 21.0. The van der Waals surface area contributed by atoms with E-state index in [1.54, 1.807) is 12.4 Å². The van der Waals surface area contributed by atoms with Gasteiger partial charge in [-0.05, 0) is 69.9 Å². The number of amides is 1. The average molecular weight is 395 g/mol. The van der Waals surface area contributed by atoms with Gasteiger partial charge in [-0.1, -0.05) is 13.8 Å². The normalized spacial score (nSPS) is 15.5. The maximum Gasteiger partial charge on any atom is 0.273 e. The second-order valence-electron chi connectivity index (χ2n) is 8.06. The minimum atomic E-state index is -0.210. The van der Waals surface area contributed by atoms with Gasteiger partial charge >= 0.3 is 0 Å². The van der Waals surface area contributed by atoms with Crippen LogP contribution in [0.15, 0.2) is 29.4 Å². The monoisotopic (exact) mass is 394 g/mol. The molecule has 0 saturated heterocycles. The van der Waals surface area contributed by atoms with Gasteiger partial charge in [-0.3, -0.25) is 4.79 Å². The Morgan fingerprint density at radius 1 is 1.17 bits per heavy atom. The molecule has 2 aromatic rings. The summed E-state index contributed by atoms with van der Waals surface area (Å²) in [5.41, 5.74) is 9.19. The van der Waals surface area contributed by atoms with Gasteiger partial charge in [0.05, 0.1) is 5.57 Å². The molecule has 0 radical (unpaired) electrons. The van der Waals surface area contributed by atoms with Crippen molar-refractivity contribution >= 4 is 17.7 Å². The van der Waals surface area contributed by atoms with E-state index in [0.717, 1.165) is 30.6 Å². The zero-order valence-electron chi connectivity index (χ0n) is 17.9. The van der Waals surface area contributed by atoms with Gasteiger partial charge < -0.3 is 9.88 Å². The molecule has 0 aliphatic carbocycles. The van der Waals surface area contributed by atoms with Crippen LogP contribution in [0.4, 0.5) is 0 Å². The summed E-state index contributed by atoms with van der Waals surface area (Å²) in [6.07, 6.45) is 10.1. The van der Waals surface area contributed by atoms with Crippen molar-refractivity contribution in [2.24, 2.45) is 5.10 Å². The van der Waals surface area contributed by atoms with E-state index < -0.39 is 0 Å². The second-order valence-corrected chi connectivity index (χ2v) is 8.06. The van der Waals surface area contributed by atoms with Gasteiger partial charge in [0.25, 0.3) is 5.91 Å². The predicted molar refractivity (Wildman–Crippen MR) is 116 cm³/mol. The maximum atomic E-state index is 12.5. The molecular formula is C22H30N6O. The van der Waals surface area contributed by atoms with Crippen molar-refractivity contribution in [2.45, 2.75) is 46.0 Å². The quantitative estimate of drug-likeness (QED) is 0.532. The lowest BCUT2D eigenvalue weighted by atomic mass is 9.93. The molecule has 0 saturated carbocycles. The Morgan fingerprint density at radius 3 is 2.55 bits per heavy atom. The van der Waals surface area contributed by atoms with Crippen molar-refractivity contribution in [1.82, 2.24) is 25.3 Å². The topological polar surface area (TPSA) is 86.3 Å². The Labute approximate surface area is 172 Å². The van der Waals surface area contributed by atoms with E-state index in [1.807, 2.05) is 6.08 Å². The lowest BCUT2D eigenvalue weighted by Gasteiger charge is -2.12. The van der Waals surface area contributed by atoms with Crippen molar-refractivity contribution in [3.63, 3.8) is 0 Å². The molecule has 3 rings (SSSR count). The fraction of sp³-hybridized carbons (Fsp3) is 0.455. The molecule has 1 amide bonds. The van der Waals surface area contributed by atoms with Crippen LogP contribution >= 0.6 is 0 Å². The fourth-order valence-corrected chi connectivity index (χ4v) is 3.79. The Hall–Kier alpha value is -2.80. The third-order valence-corrected chi connectivity index (χ3v) is 5.14. The van der Waals surface area contributed by atoms with E-state index in [2.05, 4.69) is 65.2 Å². The van der Waals surface area contributed by atoms with Crippen LogP contribution in [0.5, 0.6) is 0 Å². The van der Waals surface area contributed by atoms with Crippen LogP contribution in [0.1, 0.15) is 60.7 Å². The van der Waals surface area contributed by atoms with Gasteiger partial charge in [0, 0.05) is 29.3 Å². The Kier molecular flexibility index (Phi) is 6.59. The van der Waals surface area contributed by atoms with Crippen molar-refractivity contribution in [2.75, 3.05) is 20.6 Å². The van der Waals surface area contributed by atoms with Gasteiger partial charge in [0.15, 0.2) is 0 Å². The minimum absolute atomic E-state index is 0.210. The largest absolute Gasteiger partial charge is 0.359 e. The second kappa shape index (κ2) is 9.13. The number of aromatic nitrogens is 3. The highest BCUT2D eigenvalue weighted by Crippen LogP contribution is 2.30. The number of nitrogens with zero attached hydrogens (tertiary/aromatic N) is 4. The first kappa shape index (κ1) is 20.9. The fourth-order valence-electron chi connectivity index (χ4n) is 3.79. The Morgan fingerprint density at radius 2 is 1.90 bits per heavy atom. The van der Waals surface area contributed by atoms with Crippen molar-refractivity contribution < 1.29 is 4.79 Å². The van der Waals surface area contributed by atoms with Crippen LogP contribution in [-0.2, 0) is 11.2 Å². The first-order valence-electron chi connectivity index (χ1n) is 10.1. The van der Waals surface area contributed by atoms with Gasteiger partial charge in [0.2, 0.25) is 0 Å². The standard InChI is InChI=1S/C22H30N6O/c1-14(2)20-17(8-6-7-9-28(4)5)15(3)25-19(20)10-18-21(26-27-22(18)29)16-11-23-13-24-12-16/h10-14,25H,6-9H2,1-5H3,(H,27,29). The molecule has 3 heterocycles. The number of rotatable bonds is 8. The third-order valence-electron chi connectivity index (χ3n) is 5.14. The first-order valence-corrected chi connectivity index (χ1v) is 10.1. The number of carbonyl (C=O) groups excluding carboxylic acids is 1. The molecule has 7 heteroatoms. The number of hydrazone groups is 1. The van der Waals surface area contributed by atoms with Crippen LogP contribution in [0.2, 0.25) is 0 Å². The molecule has 0 aromatic carbocycles. The summed E-state index contributed by atoms with van der Waals surface area (Å²) >= 11 is 0. The maximum absolute atomic E-state index is 12.5. The molecule has 154 valence electrons. The van der Waals surface area contributed by atoms with Crippen LogP contribution in [0.25, 0.3) is 6.08 Å². The summed E-state index contributed by atoms with van der Waals surface area (Å²) in [6.45, 7) is 7.60. The molecule has 29 heavy (non-hydrogen) atoms. The number of carbonyl (C=O) groups is 1. The highest BCUT2D eigenvalue weighted by atomic mass is 16.2. The predicted octanol–water partition coefficient (Wildman–Crippen LogP) is 3.04. The van der Waals surface area contributed by atoms with Crippen LogP contribution < -0.4 is 5.43 Å². The molecule has 0 bridgehead atoms. The Bertz CT molecular complexity index is 924. The SMILES string of the molecule is Cc1[nH]c(C=C2C(=O)NN=C2c2cncnc2)c(C(C)C)c1CCCCN(C)C. The van der Waals surface area contributed by atoms with Crippen LogP contribution in [0.3, 0.4) is 0 Å². The van der Waals surface area contributed by atoms with Crippen molar-refractivity contribution in [1.29, 1.82) is 0 Å². The molecule has 2 aromatic heterocycles. The third kappa shape index (κ3) is 4.79. The van der Waals surface area contributed by atoms with E-state index in [9.17, 15) is 4.79 Å². The zero-order valence-corrected chi connectivity index (χ0v) is 17.9. The molecule has 1 aliphatic rings. The Balaban J connectivity index is 1.92. The first-order chi connectivity index (χ1) is 13.9. The minimum Gasteiger partial charge on any atom is -0.359 e. The lowest BCUT2D eigenvalue weighted by Crippen LogP contribution is -2.14. The number of aromatic amines is 1. The van der Waals surface area contributed by atoms with Crippen LogP contribution in [-0.4, -0.2) is 52.1 Å². The molecule has 2 N–H and O–H groups in total. The number of unbranched alkanes of at least 4 members (excludes halogenated alkanes) is 1. The summed E-state index contributed by atoms with van der Waals surface area (Å²) in [6, 6.07) is 0. The van der Waals surface area contributed by atoms with Gasteiger partial charge in [-0.25, -0.2) is 15.4 Å². The van der Waals surface area contributed by atoms with E-state index in [4.69, 9.17) is 0 Å². The van der Waals surface area contributed by atoms with Gasteiger partial charge in [-0.2, -0.15) is 5.10 Å². The van der Waals surface area contributed by atoms with Crippen molar-refractivity contribution in [3.8, 4) is 0 Å². The molecule has 7 nitrogen and oxygen atoms in total. The highest BCUT2D eigenvalue weighted by Gasteiger charge is 2.26. The number of hydrogen-bond acceptors (Lipinski definition) is 5.